The van der Waals surface area contributed by atoms with E-state index in [2.05, 4.69) is 5.32 Å². The lowest BCUT2D eigenvalue weighted by Crippen LogP contribution is -2.24. The predicted octanol–water partition coefficient (Wildman–Crippen LogP) is 1.84. The van der Waals surface area contributed by atoms with E-state index in [1.807, 2.05) is 6.07 Å². The van der Waals surface area contributed by atoms with E-state index >= 15 is 0 Å². The minimum atomic E-state index is -0.551. The normalized spacial score (nSPS) is 9.32. The zero-order chi connectivity index (χ0) is 14.1. The van der Waals surface area contributed by atoms with Crippen LogP contribution in [0.15, 0.2) is 18.2 Å². The molecule has 0 heterocycles. The maximum absolute atomic E-state index is 11.3. The third kappa shape index (κ3) is 4.76. The molecule has 0 aromatic heterocycles. The molecule has 0 atom stereocenters. The highest BCUT2D eigenvalue weighted by atomic mass is 16.5. The highest BCUT2D eigenvalue weighted by Crippen LogP contribution is 2.27. The lowest BCUT2D eigenvalue weighted by Gasteiger charge is -2.10. The first-order valence-electron chi connectivity index (χ1n) is 5.69. The Bertz CT molecular complexity index is 468. The molecule has 6 nitrogen and oxygen atoms in total. The van der Waals surface area contributed by atoms with Gasteiger partial charge in [0.1, 0.15) is 6.61 Å². The molecule has 0 aliphatic rings. The van der Waals surface area contributed by atoms with Crippen molar-refractivity contribution in [3.05, 3.63) is 23.8 Å². The second-order valence-corrected chi connectivity index (χ2v) is 3.60. The fraction of sp³-hybridized carbons (Fsp3) is 0.385. The number of hydrogen-bond donors (Lipinski definition) is 1. The van der Waals surface area contributed by atoms with E-state index in [1.165, 1.54) is 7.11 Å². The summed E-state index contributed by atoms with van der Waals surface area (Å²) in [5.41, 5.74) is 0.785. The molecule has 0 saturated carbocycles. The van der Waals surface area contributed by atoms with Crippen molar-refractivity contribution in [2.24, 2.45) is 0 Å². The summed E-state index contributed by atoms with van der Waals surface area (Å²) in [6.45, 7) is 0.403. The molecule has 1 N–H and O–H groups in total. The first kappa shape index (κ1) is 14.6. The van der Waals surface area contributed by atoms with Gasteiger partial charge >= 0.3 is 6.09 Å². The summed E-state index contributed by atoms with van der Waals surface area (Å²) < 4.78 is 15.2. The number of alkyl carbamates (subject to hydrolysis) is 1. The molecule has 6 heteroatoms. The van der Waals surface area contributed by atoms with Crippen LogP contribution in [0.25, 0.3) is 0 Å². The maximum atomic E-state index is 11.3. The standard InChI is InChI=1S/C13H16N2O4/c1-17-11-5-4-10(8-12(11)18-2)9-19-13(16)15-7-3-6-14/h4-5,8H,3,7,9H2,1-2H3,(H,15,16). The fourth-order valence-corrected chi connectivity index (χ4v) is 1.39. The van der Waals surface area contributed by atoms with Crippen molar-refractivity contribution in [2.75, 3.05) is 20.8 Å². The van der Waals surface area contributed by atoms with Crippen molar-refractivity contribution in [1.29, 1.82) is 5.26 Å². The monoisotopic (exact) mass is 264 g/mol. The Labute approximate surface area is 111 Å². The van der Waals surface area contributed by atoms with E-state index in [9.17, 15) is 4.79 Å². The van der Waals surface area contributed by atoms with E-state index in [0.29, 0.717) is 11.5 Å². The first-order chi connectivity index (χ1) is 9.21. The van der Waals surface area contributed by atoms with Crippen LogP contribution < -0.4 is 14.8 Å². The van der Waals surface area contributed by atoms with E-state index in [1.54, 1.807) is 25.3 Å². The van der Waals surface area contributed by atoms with Crippen molar-refractivity contribution < 1.29 is 19.0 Å². The summed E-state index contributed by atoms with van der Waals surface area (Å²) in [6, 6.07) is 7.18. The Hall–Kier alpha value is -2.42. The molecule has 1 aromatic carbocycles. The number of hydrogen-bond acceptors (Lipinski definition) is 5. The Kier molecular flexibility index (Phi) is 6.03. The topological polar surface area (TPSA) is 80.6 Å². The summed E-state index contributed by atoms with van der Waals surface area (Å²) in [7, 11) is 3.09. The number of carbonyl (C=O) groups excluding carboxylic acids is 1. The molecular weight excluding hydrogens is 248 g/mol. The number of benzene rings is 1. The second-order valence-electron chi connectivity index (χ2n) is 3.60. The van der Waals surface area contributed by atoms with Gasteiger partial charge in [-0.25, -0.2) is 4.79 Å². The van der Waals surface area contributed by atoms with Crippen LogP contribution in [0.1, 0.15) is 12.0 Å². The van der Waals surface area contributed by atoms with Gasteiger partial charge in [-0.1, -0.05) is 6.07 Å². The van der Waals surface area contributed by atoms with Crippen LogP contribution in [-0.4, -0.2) is 26.9 Å². The Morgan fingerprint density at radius 3 is 2.68 bits per heavy atom. The molecule has 102 valence electrons. The van der Waals surface area contributed by atoms with E-state index in [0.717, 1.165) is 5.56 Å². The molecule has 19 heavy (non-hydrogen) atoms. The largest absolute Gasteiger partial charge is 0.493 e. The molecule has 0 unspecified atom stereocenters. The molecule has 0 bridgehead atoms. The number of nitriles is 1. The predicted molar refractivity (Wildman–Crippen MR) is 68.0 cm³/mol. The molecule has 0 aliphatic carbocycles. The molecule has 0 fully saturated rings. The fourth-order valence-electron chi connectivity index (χ4n) is 1.39. The Morgan fingerprint density at radius 1 is 1.32 bits per heavy atom. The molecule has 1 rings (SSSR count). The SMILES string of the molecule is COc1ccc(COC(=O)NCCC#N)cc1OC. The van der Waals surface area contributed by atoms with Crippen molar-refractivity contribution in [2.45, 2.75) is 13.0 Å². The van der Waals surface area contributed by atoms with Crippen molar-refractivity contribution >= 4 is 6.09 Å². The van der Waals surface area contributed by atoms with E-state index in [-0.39, 0.29) is 19.6 Å². The third-order valence-corrected chi connectivity index (χ3v) is 2.32. The minimum absolute atomic E-state index is 0.124. The zero-order valence-electron chi connectivity index (χ0n) is 10.9. The zero-order valence-corrected chi connectivity index (χ0v) is 10.9. The van der Waals surface area contributed by atoms with Crippen LogP contribution in [0.2, 0.25) is 0 Å². The highest BCUT2D eigenvalue weighted by Gasteiger charge is 2.06. The van der Waals surface area contributed by atoms with Crippen LogP contribution >= 0.6 is 0 Å². The summed E-state index contributed by atoms with van der Waals surface area (Å²) in [6.07, 6.45) is -0.295. The molecule has 0 radical (unpaired) electrons. The van der Waals surface area contributed by atoms with Crippen molar-refractivity contribution in [3.63, 3.8) is 0 Å². The first-order valence-corrected chi connectivity index (χ1v) is 5.69. The van der Waals surface area contributed by atoms with Crippen LogP contribution in [0.3, 0.4) is 0 Å². The van der Waals surface area contributed by atoms with Gasteiger partial charge < -0.3 is 19.5 Å². The number of nitrogens with one attached hydrogen (secondary N) is 1. The molecule has 1 amide bonds. The van der Waals surface area contributed by atoms with Crippen molar-refractivity contribution in [3.8, 4) is 17.6 Å². The highest BCUT2D eigenvalue weighted by molar-refractivity contribution is 5.67. The summed E-state index contributed by atoms with van der Waals surface area (Å²) >= 11 is 0. The van der Waals surface area contributed by atoms with Gasteiger partial charge in [0.15, 0.2) is 11.5 Å². The van der Waals surface area contributed by atoms with Crippen LogP contribution in [0.5, 0.6) is 11.5 Å². The van der Waals surface area contributed by atoms with Gasteiger partial charge in [-0.3, -0.25) is 0 Å². The number of nitrogens with zero attached hydrogens (tertiary/aromatic N) is 1. The van der Waals surface area contributed by atoms with Crippen LogP contribution in [-0.2, 0) is 11.3 Å². The Morgan fingerprint density at radius 2 is 2.05 bits per heavy atom. The quantitative estimate of drug-likeness (QED) is 0.793. The van der Waals surface area contributed by atoms with Gasteiger partial charge in [-0.2, -0.15) is 5.26 Å². The second kappa shape index (κ2) is 7.82. The lowest BCUT2D eigenvalue weighted by atomic mass is 10.2. The molecule has 0 saturated heterocycles. The smallest absolute Gasteiger partial charge is 0.407 e. The van der Waals surface area contributed by atoms with Gasteiger partial charge in [0.25, 0.3) is 0 Å². The third-order valence-electron chi connectivity index (χ3n) is 2.32. The Balaban J connectivity index is 2.49. The van der Waals surface area contributed by atoms with Crippen LogP contribution in [0, 0.1) is 11.3 Å². The molecular formula is C13H16N2O4. The van der Waals surface area contributed by atoms with Gasteiger partial charge in [0.05, 0.1) is 26.7 Å². The number of carbonyl (C=O) groups is 1. The minimum Gasteiger partial charge on any atom is -0.493 e. The number of ether oxygens (including phenoxy) is 3. The molecule has 0 spiro atoms. The average molecular weight is 264 g/mol. The van der Waals surface area contributed by atoms with E-state index < -0.39 is 6.09 Å². The van der Waals surface area contributed by atoms with Gasteiger partial charge in [-0.05, 0) is 17.7 Å². The van der Waals surface area contributed by atoms with Crippen molar-refractivity contribution in [1.82, 2.24) is 5.32 Å². The number of methoxy groups -OCH3 is 2. The van der Waals surface area contributed by atoms with Gasteiger partial charge in [-0.15, -0.1) is 0 Å². The molecule has 1 aromatic rings. The summed E-state index contributed by atoms with van der Waals surface area (Å²) in [5.74, 6) is 1.19. The van der Waals surface area contributed by atoms with Gasteiger partial charge in [0.2, 0.25) is 0 Å². The van der Waals surface area contributed by atoms with Gasteiger partial charge in [0, 0.05) is 6.54 Å². The average Bonchev–Trinajstić information content (AvgIpc) is 2.45. The summed E-state index contributed by atoms with van der Waals surface area (Å²) in [4.78, 5) is 11.3. The maximum Gasteiger partial charge on any atom is 0.407 e. The number of rotatable bonds is 6. The lowest BCUT2D eigenvalue weighted by molar-refractivity contribution is 0.140. The van der Waals surface area contributed by atoms with Crippen LogP contribution in [0.4, 0.5) is 4.79 Å². The van der Waals surface area contributed by atoms with E-state index in [4.69, 9.17) is 19.5 Å². The molecule has 0 aliphatic heterocycles. The summed E-state index contributed by atoms with van der Waals surface area (Å²) in [5, 5.41) is 10.8. The number of amides is 1.